The van der Waals surface area contributed by atoms with E-state index in [0.29, 0.717) is 12.2 Å². The molecular formula is C24H31FN6O4S. The third-order valence-corrected chi connectivity index (χ3v) is 6.38. The molecule has 0 amide bonds. The Morgan fingerprint density at radius 2 is 2.22 bits per heavy atom. The third-order valence-electron chi connectivity index (χ3n) is 5.33. The van der Waals surface area contributed by atoms with E-state index in [-0.39, 0.29) is 38.7 Å². The molecule has 0 radical (unpaired) electrons. The van der Waals surface area contributed by atoms with Crippen molar-refractivity contribution in [1.29, 1.82) is 0 Å². The highest BCUT2D eigenvalue weighted by molar-refractivity contribution is 7.99. The van der Waals surface area contributed by atoms with Gasteiger partial charge in [0.05, 0.1) is 39.0 Å². The Morgan fingerprint density at radius 3 is 3.00 bits per heavy atom. The fourth-order valence-corrected chi connectivity index (χ4v) is 4.12. The highest BCUT2D eigenvalue weighted by Crippen LogP contribution is 2.44. The van der Waals surface area contributed by atoms with Gasteiger partial charge in [0.2, 0.25) is 0 Å². The lowest BCUT2D eigenvalue weighted by molar-refractivity contribution is -0.0629. The maximum Gasteiger partial charge on any atom is 0.191 e. The first kappa shape index (κ1) is 14.5. The molecule has 6 atom stereocenters. The van der Waals surface area contributed by atoms with Crippen LogP contribution < -0.4 is 5.32 Å². The Morgan fingerprint density at radius 1 is 1.39 bits per heavy atom. The van der Waals surface area contributed by atoms with Crippen molar-refractivity contribution >= 4 is 28.7 Å². The molecule has 3 aromatic rings. The zero-order chi connectivity index (χ0) is 36.2. The summed E-state index contributed by atoms with van der Waals surface area (Å²) in [6.45, 7) is -1.69. The third kappa shape index (κ3) is 4.92. The lowest BCUT2D eigenvalue weighted by Crippen LogP contribution is -2.33. The standard InChI is InChI=1S/C24H31FN6O4S/c1-3-8-36-24-27-22(26-16-10-14(16)13-5-4-12(2)15(25)9-13)19-23(28-24)31(30-29-19)17-11-18(35-7-6-32)21(34)20(17)33/h4-5,9,14,16-18,20-21,32-34H,3,6-8,10-11H2,1-2H3,(H,26,27,28)/t14-,16+,17+,18-,20-,21+/m0/s1/i4D,5D,7D2,9D,11D2,16D,17D,18D,20D,21D. The lowest BCUT2D eigenvalue weighted by atomic mass is 10.1. The zero-order valence-electron chi connectivity index (χ0n) is 31.2. The van der Waals surface area contributed by atoms with E-state index < -0.39 is 85.3 Å². The van der Waals surface area contributed by atoms with Gasteiger partial charge in [-0.3, -0.25) is 0 Å². The van der Waals surface area contributed by atoms with Crippen LogP contribution in [0.2, 0.25) is 0 Å². The fourth-order valence-electron chi connectivity index (χ4n) is 3.43. The molecule has 2 heterocycles. The molecule has 4 N–H and O–H groups in total. The molecule has 2 saturated carbocycles. The summed E-state index contributed by atoms with van der Waals surface area (Å²) in [6.07, 6.45) is -15.5. The molecule has 2 aromatic heterocycles. The number of nitrogens with zero attached hydrogens (tertiary/aromatic N) is 5. The number of ether oxygens (including phenoxy) is 1. The van der Waals surface area contributed by atoms with Crippen LogP contribution in [0.15, 0.2) is 23.3 Å². The van der Waals surface area contributed by atoms with Crippen molar-refractivity contribution < 1.29 is 40.9 Å². The van der Waals surface area contributed by atoms with E-state index in [9.17, 15) is 19.7 Å². The quantitative estimate of drug-likeness (QED) is 0.228. The number of benzene rings is 1. The normalized spacial score (nSPS) is 44.4. The van der Waals surface area contributed by atoms with E-state index in [2.05, 4.69) is 25.6 Å². The summed E-state index contributed by atoms with van der Waals surface area (Å²) in [4.78, 5) is 8.59. The highest BCUT2D eigenvalue weighted by atomic mass is 32.2. The fraction of sp³-hybridized carbons (Fsp3) is 0.583. The lowest BCUT2D eigenvalue weighted by Gasteiger charge is -2.17. The van der Waals surface area contributed by atoms with Gasteiger partial charge in [-0.2, -0.15) is 0 Å². The van der Waals surface area contributed by atoms with Gasteiger partial charge in [-0.1, -0.05) is 36.0 Å². The van der Waals surface area contributed by atoms with Crippen LogP contribution in [0, 0.1) is 12.7 Å². The number of nitrogens with one attached hydrogen (secondary N) is 1. The molecule has 10 nitrogen and oxygen atoms in total. The van der Waals surface area contributed by atoms with Crippen LogP contribution in [0.5, 0.6) is 0 Å². The Kier molecular flexibility index (Phi) is 4.25. The average Bonchev–Trinajstić information content (AvgIpc) is 3.43. The molecule has 36 heavy (non-hydrogen) atoms. The van der Waals surface area contributed by atoms with Gasteiger partial charge >= 0.3 is 0 Å². The van der Waals surface area contributed by atoms with Crippen LogP contribution in [0.1, 0.15) is 65.7 Å². The molecule has 0 bridgehead atoms. The number of fused-ring (bicyclic) bond motifs is 1. The van der Waals surface area contributed by atoms with Gasteiger partial charge in [-0.25, -0.2) is 19.0 Å². The molecule has 0 unspecified atom stereocenters. The maximum atomic E-state index is 14.7. The van der Waals surface area contributed by atoms with Gasteiger partial charge < -0.3 is 25.4 Å². The number of anilines is 1. The molecule has 0 aliphatic heterocycles. The topological polar surface area (TPSA) is 138 Å². The number of aliphatic hydroxyl groups is 3. The van der Waals surface area contributed by atoms with Crippen molar-refractivity contribution in [3.63, 3.8) is 0 Å². The monoisotopic (exact) mass is 530 g/mol. The Labute approximate surface area is 229 Å². The van der Waals surface area contributed by atoms with Crippen molar-refractivity contribution in [1.82, 2.24) is 25.0 Å². The van der Waals surface area contributed by atoms with E-state index in [0.717, 1.165) is 11.8 Å². The van der Waals surface area contributed by atoms with Crippen molar-refractivity contribution in [2.45, 2.75) is 74.4 Å². The SMILES string of the molecule is [2H]c1c([2H])c([C@@H]2C[C@@]2([2H])Nc2nc(SCCC)nc3c2nnn3[C@]2([2H])C([2H])([2H])[C@]([2H])(OC([2H])([2H])CO)[C@@]([2H])(O)[C@@]2([2H])O)c([2H])c(F)c1C. The largest absolute Gasteiger partial charge is 0.394 e. The maximum absolute atomic E-state index is 14.7. The van der Waals surface area contributed by atoms with Crippen LogP contribution in [-0.4, -0.2) is 83.5 Å². The van der Waals surface area contributed by atoms with Gasteiger partial charge in [0, 0.05) is 26.8 Å². The molecule has 2 aliphatic carbocycles. The number of hydrogen-bond donors (Lipinski definition) is 4. The van der Waals surface area contributed by atoms with Crippen LogP contribution in [0.4, 0.5) is 10.2 Å². The molecule has 194 valence electrons. The van der Waals surface area contributed by atoms with E-state index in [1.54, 1.807) is 0 Å². The molecule has 0 saturated heterocycles. The van der Waals surface area contributed by atoms with Gasteiger partial charge in [0.1, 0.15) is 18.0 Å². The number of rotatable bonds is 10. The van der Waals surface area contributed by atoms with E-state index in [1.807, 2.05) is 6.92 Å². The van der Waals surface area contributed by atoms with Crippen molar-refractivity contribution in [2.75, 3.05) is 24.2 Å². The summed E-state index contributed by atoms with van der Waals surface area (Å²) in [5.74, 6) is -1.83. The number of aliphatic hydroxyl groups excluding tert-OH is 1. The minimum atomic E-state index is -4.12. The smallest absolute Gasteiger partial charge is 0.191 e. The van der Waals surface area contributed by atoms with E-state index in [4.69, 9.17) is 21.2 Å². The first-order valence-electron chi connectivity index (χ1n) is 17.0. The number of thioether (sulfide) groups is 1. The van der Waals surface area contributed by atoms with Gasteiger partial charge in [0.25, 0.3) is 0 Å². The van der Waals surface area contributed by atoms with Crippen molar-refractivity contribution in [3.05, 3.63) is 35.1 Å². The molecule has 2 fully saturated rings. The van der Waals surface area contributed by atoms with Crippen LogP contribution in [-0.2, 0) is 4.74 Å². The van der Waals surface area contributed by atoms with Crippen molar-refractivity contribution in [2.24, 2.45) is 0 Å². The highest BCUT2D eigenvalue weighted by Gasteiger charge is 2.45. The van der Waals surface area contributed by atoms with Crippen LogP contribution in [0.3, 0.4) is 0 Å². The summed E-state index contributed by atoms with van der Waals surface area (Å²) < 4.78 is 120. The van der Waals surface area contributed by atoms with E-state index >= 15 is 0 Å². The summed E-state index contributed by atoms with van der Waals surface area (Å²) in [5, 5.41) is 41.8. The summed E-state index contributed by atoms with van der Waals surface area (Å²) in [5.41, 5.74) is -1.35. The molecule has 0 spiro atoms. The minimum absolute atomic E-state index is 0.0739. The summed E-state index contributed by atoms with van der Waals surface area (Å²) in [6, 6.07) is -7.00. The Bertz CT molecular complexity index is 1780. The van der Waals surface area contributed by atoms with Gasteiger partial charge in [0.15, 0.2) is 22.1 Å². The second kappa shape index (κ2) is 10.5. The first-order chi connectivity index (χ1) is 21.9. The average molecular weight is 531 g/mol. The second-order valence-corrected chi connectivity index (χ2v) is 8.98. The zero-order valence-corrected chi connectivity index (χ0v) is 20.0. The predicted molar refractivity (Wildman–Crippen MR) is 133 cm³/mol. The number of aromatic nitrogens is 5. The predicted octanol–water partition coefficient (Wildman–Crippen LogP) is 2.18. The number of hydrogen-bond acceptors (Lipinski definition) is 10. The second-order valence-electron chi connectivity index (χ2n) is 7.92. The van der Waals surface area contributed by atoms with Gasteiger partial charge in [-0.15, -0.1) is 5.10 Å². The van der Waals surface area contributed by atoms with Crippen molar-refractivity contribution in [3.8, 4) is 0 Å². The molecule has 12 heteroatoms. The molecule has 1 aromatic carbocycles. The van der Waals surface area contributed by atoms with E-state index in [1.165, 1.54) is 6.92 Å². The summed E-state index contributed by atoms with van der Waals surface area (Å²) >= 11 is 1.05. The molecule has 2 aliphatic rings. The minimum Gasteiger partial charge on any atom is -0.394 e. The molecular weight excluding hydrogens is 487 g/mol. The Balaban J connectivity index is 1.67. The summed E-state index contributed by atoms with van der Waals surface area (Å²) in [7, 11) is 0. The van der Waals surface area contributed by atoms with Crippen LogP contribution in [0.25, 0.3) is 11.2 Å². The molecule has 5 rings (SSSR count). The Hall–Kier alpha value is -2.38. The van der Waals surface area contributed by atoms with Crippen LogP contribution >= 0.6 is 11.8 Å². The number of halogens is 1. The first-order valence-corrected chi connectivity index (χ1v) is 12.0. The van der Waals surface area contributed by atoms with Gasteiger partial charge in [-0.05, 0) is 36.9 Å².